The summed E-state index contributed by atoms with van der Waals surface area (Å²) >= 11 is 8.07. The van der Waals surface area contributed by atoms with Crippen LogP contribution in [0.1, 0.15) is 12.8 Å². The van der Waals surface area contributed by atoms with Crippen LogP contribution >= 0.6 is 34.3 Å². The average Bonchev–Trinajstić information content (AvgIpc) is 3.43. The number of aromatic nitrogens is 1. The van der Waals surface area contributed by atoms with Gasteiger partial charge in [-0.25, -0.2) is 13.4 Å². The standard InChI is InChI=1S/C19H17ClN4O5S3/c20-16-6-7-17(31-16)32(28,29)23-8-2-4-13(10-23)18(25)22-19-21-15(11-30-19)12-3-1-5-14(9-12)24(26)27/h1,3,5-7,9,11,13H,2,4,8,10H2,(H,21,22,25). The zero-order valence-electron chi connectivity index (χ0n) is 16.4. The molecular weight excluding hydrogens is 496 g/mol. The van der Waals surface area contributed by atoms with E-state index in [1.165, 1.54) is 39.9 Å². The van der Waals surface area contributed by atoms with Gasteiger partial charge >= 0.3 is 0 Å². The second kappa shape index (κ2) is 9.24. The van der Waals surface area contributed by atoms with Gasteiger partial charge in [-0.05, 0) is 25.0 Å². The van der Waals surface area contributed by atoms with Crippen LogP contribution in [0.25, 0.3) is 11.3 Å². The first-order valence-corrected chi connectivity index (χ1v) is 13.0. The van der Waals surface area contributed by atoms with E-state index in [0.717, 1.165) is 11.3 Å². The number of thiophene rings is 1. The number of hydrogen-bond donors (Lipinski definition) is 1. The highest BCUT2D eigenvalue weighted by atomic mass is 35.5. The van der Waals surface area contributed by atoms with E-state index in [9.17, 15) is 23.3 Å². The number of carbonyl (C=O) groups excluding carboxylic acids is 1. The van der Waals surface area contributed by atoms with E-state index in [-0.39, 0.29) is 22.3 Å². The smallest absolute Gasteiger partial charge is 0.270 e. The van der Waals surface area contributed by atoms with Crippen molar-refractivity contribution < 1.29 is 18.1 Å². The van der Waals surface area contributed by atoms with Gasteiger partial charge in [0.15, 0.2) is 5.13 Å². The fourth-order valence-corrected chi connectivity index (χ4v) is 7.27. The molecule has 168 valence electrons. The van der Waals surface area contributed by atoms with Crippen molar-refractivity contribution >= 4 is 61.0 Å². The van der Waals surface area contributed by atoms with Crippen molar-refractivity contribution in [1.29, 1.82) is 0 Å². The molecule has 3 aromatic rings. The Labute approximate surface area is 196 Å². The Morgan fingerprint density at radius 1 is 1.31 bits per heavy atom. The van der Waals surface area contributed by atoms with Crippen molar-refractivity contribution in [2.24, 2.45) is 5.92 Å². The first-order valence-electron chi connectivity index (χ1n) is 9.51. The van der Waals surface area contributed by atoms with Gasteiger partial charge in [-0.3, -0.25) is 14.9 Å². The summed E-state index contributed by atoms with van der Waals surface area (Å²) < 4.78 is 27.6. The number of non-ortho nitro benzene ring substituents is 1. The molecule has 1 fully saturated rings. The van der Waals surface area contributed by atoms with Gasteiger partial charge in [0.05, 0.1) is 20.9 Å². The molecule has 3 heterocycles. The predicted octanol–water partition coefficient (Wildman–Crippen LogP) is 4.47. The molecule has 2 aromatic heterocycles. The van der Waals surface area contributed by atoms with E-state index >= 15 is 0 Å². The minimum atomic E-state index is -3.70. The highest BCUT2D eigenvalue weighted by Crippen LogP contribution is 2.32. The monoisotopic (exact) mass is 512 g/mol. The van der Waals surface area contributed by atoms with Gasteiger partial charge in [0.1, 0.15) is 4.21 Å². The van der Waals surface area contributed by atoms with Gasteiger partial charge in [0, 0.05) is 36.2 Å². The quantitative estimate of drug-likeness (QED) is 0.384. The second-order valence-electron chi connectivity index (χ2n) is 7.10. The Bertz CT molecular complexity index is 1270. The number of sulfonamides is 1. The molecule has 0 radical (unpaired) electrons. The van der Waals surface area contributed by atoms with Gasteiger partial charge < -0.3 is 5.32 Å². The highest BCUT2D eigenvalue weighted by Gasteiger charge is 2.34. The SMILES string of the molecule is O=C(Nc1nc(-c2cccc([N+](=O)[O-])c2)cs1)C1CCCN(S(=O)(=O)c2ccc(Cl)s2)C1. The van der Waals surface area contributed by atoms with Crippen LogP contribution in [0.15, 0.2) is 46.0 Å². The topological polar surface area (TPSA) is 123 Å². The Balaban J connectivity index is 1.44. The van der Waals surface area contributed by atoms with Crippen LogP contribution in [0.5, 0.6) is 0 Å². The summed E-state index contributed by atoms with van der Waals surface area (Å²) in [4.78, 5) is 27.6. The molecule has 4 rings (SSSR count). The Morgan fingerprint density at radius 2 is 2.12 bits per heavy atom. The van der Waals surface area contributed by atoms with Crippen LogP contribution in [0.4, 0.5) is 10.8 Å². The number of nitro groups is 1. The average molecular weight is 513 g/mol. The number of amides is 1. The normalized spacial score (nSPS) is 17.2. The van der Waals surface area contributed by atoms with Crippen molar-refractivity contribution in [3.8, 4) is 11.3 Å². The zero-order valence-corrected chi connectivity index (χ0v) is 19.6. The first kappa shape index (κ1) is 22.8. The summed E-state index contributed by atoms with van der Waals surface area (Å²) in [6.07, 6.45) is 1.12. The third-order valence-corrected chi connectivity index (χ3v) is 9.31. The minimum absolute atomic E-state index is 0.0448. The maximum Gasteiger partial charge on any atom is 0.270 e. The van der Waals surface area contributed by atoms with E-state index in [2.05, 4.69) is 10.3 Å². The van der Waals surface area contributed by atoms with Crippen LogP contribution in [-0.2, 0) is 14.8 Å². The van der Waals surface area contributed by atoms with Crippen LogP contribution in [0, 0.1) is 16.0 Å². The predicted molar refractivity (Wildman–Crippen MR) is 124 cm³/mol. The fraction of sp³-hybridized carbons (Fsp3) is 0.263. The van der Waals surface area contributed by atoms with Gasteiger partial charge in [-0.15, -0.1) is 22.7 Å². The number of piperidine rings is 1. The van der Waals surface area contributed by atoms with E-state index < -0.39 is 20.9 Å². The molecule has 1 atom stereocenters. The fourth-order valence-electron chi connectivity index (χ4n) is 3.39. The number of nitrogens with one attached hydrogen (secondary N) is 1. The molecule has 1 saturated heterocycles. The summed E-state index contributed by atoms with van der Waals surface area (Å²) in [6, 6.07) is 9.09. The first-order chi connectivity index (χ1) is 15.2. The van der Waals surface area contributed by atoms with Gasteiger partial charge in [0.25, 0.3) is 15.7 Å². The number of rotatable bonds is 6. The molecule has 32 heavy (non-hydrogen) atoms. The molecule has 0 bridgehead atoms. The van der Waals surface area contributed by atoms with Crippen LogP contribution in [0.2, 0.25) is 4.34 Å². The number of benzene rings is 1. The molecule has 9 nitrogen and oxygen atoms in total. The summed E-state index contributed by atoms with van der Waals surface area (Å²) in [7, 11) is -3.70. The van der Waals surface area contributed by atoms with Crippen LogP contribution in [-0.4, -0.2) is 41.6 Å². The second-order valence-corrected chi connectivity index (χ2v) is 11.8. The molecule has 1 N–H and O–H groups in total. The summed E-state index contributed by atoms with van der Waals surface area (Å²) in [5.41, 5.74) is 1.04. The molecule has 0 aliphatic carbocycles. The van der Waals surface area contributed by atoms with Crippen LogP contribution < -0.4 is 5.32 Å². The largest absolute Gasteiger partial charge is 0.302 e. The van der Waals surface area contributed by atoms with E-state index in [1.807, 2.05) is 0 Å². The van der Waals surface area contributed by atoms with Crippen molar-refractivity contribution in [3.63, 3.8) is 0 Å². The Morgan fingerprint density at radius 3 is 2.84 bits per heavy atom. The van der Waals surface area contributed by atoms with Crippen molar-refractivity contribution in [2.75, 3.05) is 18.4 Å². The van der Waals surface area contributed by atoms with Crippen molar-refractivity contribution in [1.82, 2.24) is 9.29 Å². The zero-order chi connectivity index (χ0) is 22.9. The molecule has 1 aliphatic heterocycles. The lowest BCUT2D eigenvalue weighted by Gasteiger charge is -2.30. The Kier molecular flexibility index (Phi) is 6.58. The number of nitro benzene ring substituents is 1. The molecular formula is C19H17ClN4O5S3. The summed E-state index contributed by atoms with van der Waals surface area (Å²) in [5.74, 6) is -0.826. The third-order valence-electron chi connectivity index (χ3n) is 4.98. The lowest BCUT2D eigenvalue weighted by atomic mass is 9.99. The summed E-state index contributed by atoms with van der Waals surface area (Å²) in [5, 5.41) is 15.8. The number of carbonyl (C=O) groups is 1. The maximum absolute atomic E-state index is 12.9. The van der Waals surface area contributed by atoms with E-state index in [0.29, 0.717) is 40.1 Å². The minimum Gasteiger partial charge on any atom is -0.302 e. The lowest BCUT2D eigenvalue weighted by Crippen LogP contribution is -2.43. The molecule has 0 spiro atoms. The van der Waals surface area contributed by atoms with E-state index in [1.54, 1.807) is 17.5 Å². The third kappa shape index (κ3) is 4.84. The highest BCUT2D eigenvalue weighted by molar-refractivity contribution is 7.91. The van der Waals surface area contributed by atoms with E-state index in [4.69, 9.17) is 11.6 Å². The lowest BCUT2D eigenvalue weighted by molar-refractivity contribution is -0.384. The number of halogens is 1. The number of hydrogen-bond acceptors (Lipinski definition) is 8. The Hall–Kier alpha value is -2.38. The molecule has 1 unspecified atom stereocenters. The molecule has 1 aromatic carbocycles. The molecule has 0 saturated carbocycles. The number of nitrogens with zero attached hydrogens (tertiary/aromatic N) is 3. The molecule has 1 aliphatic rings. The van der Waals surface area contributed by atoms with Gasteiger partial charge in [-0.2, -0.15) is 4.31 Å². The number of thiazole rings is 1. The van der Waals surface area contributed by atoms with Crippen LogP contribution in [0.3, 0.4) is 0 Å². The summed E-state index contributed by atoms with van der Waals surface area (Å²) in [6.45, 7) is 0.419. The molecule has 13 heteroatoms. The number of anilines is 1. The molecule has 1 amide bonds. The maximum atomic E-state index is 12.9. The van der Waals surface area contributed by atoms with Crippen molar-refractivity contribution in [2.45, 2.75) is 17.1 Å². The van der Waals surface area contributed by atoms with Gasteiger partial charge in [-0.1, -0.05) is 23.7 Å². The van der Waals surface area contributed by atoms with Crippen molar-refractivity contribution in [3.05, 3.63) is 56.2 Å². The van der Waals surface area contributed by atoms with Gasteiger partial charge in [0.2, 0.25) is 5.91 Å².